The van der Waals surface area contributed by atoms with Crippen molar-refractivity contribution >= 4 is 5.95 Å². The normalized spacial score (nSPS) is 15.9. The Kier molecular flexibility index (Phi) is 3.66. The van der Waals surface area contributed by atoms with Crippen molar-refractivity contribution in [3.8, 4) is 22.6 Å². The number of pyridine rings is 1. The van der Waals surface area contributed by atoms with Crippen LogP contribution in [0.2, 0.25) is 0 Å². The highest BCUT2D eigenvalue weighted by molar-refractivity contribution is 5.81. The second-order valence-corrected chi connectivity index (χ2v) is 5.38. The lowest BCUT2D eigenvalue weighted by molar-refractivity contribution is 0.183. The van der Waals surface area contributed by atoms with Crippen LogP contribution >= 0.6 is 0 Å². The first-order chi connectivity index (χ1) is 12.2. The zero-order valence-electron chi connectivity index (χ0n) is 13.0. The van der Waals surface area contributed by atoms with Crippen molar-refractivity contribution in [3.05, 3.63) is 77.3 Å². The van der Waals surface area contributed by atoms with Crippen LogP contribution in [0.4, 0.5) is 5.95 Å². The predicted molar refractivity (Wildman–Crippen MR) is 92.3 cm³/mol. The van der Waals surface area contributed by atoms with Crippen LogP contribution in [0.15, 0.2) is 70.4 Å². The first-order valence-corrected chi connectivity index (χ1v) is 7.61. The molecule has 1 unspecified atom stereocenters. The molecule has 0 amide bonds. The van der Waals surface area contributed by atoms with E-state index in [1.807, 2.05) is 12.2 Å². The number of nitrogens with zero attached hydrogens (tertiary/aromatic N) is 2. The van der Waals surface area contributed by atoms with E-state index < -0.39 is 6.10 Å². The van der Waals surface area contributed by atoms with Crippen molar-refractivity contribution in [1.29, 1.82) is 0 Å². The van der Waals surface area contributed by atoms with Crippen molar-refractivity contribution in [2.45, 2.75) is 6.10 Å². The van der Waals surface area contributed by atoms with E-state index in [2.05, 4.69) is 15.0 Å². The third kappa shape index (κ3) is 2.83. The van der Waals surface area contributed by atoms with E-state index in [1.165, 1.54) is 6.07 Å². The van der Waals surface area contributed by atoms with Gasteiger partial charge in [0.15, 0.2) is 11.9 Å². The fraction of sp³-hybridized carbons (Fsp3) is 0.0556. The first kappa shape index (κ1) is 14.9. The Hall–Kier alpha value is -3.61. The Bertz CT molecular complexity index is 999. The van der Waals surface area contributed by atoms with Crippen LogP contribution in [0.5, 0.6) is 0 Å². The summed E-state index contributed by atoms with van der Waals surface area (Å²) in [5.74, 6) is 0.660. The molecule has 3 N–H and O–H groups in total. The lowest BCUT2D eigenvalue weighted by Gasteiger charge is -2.20. The molecule has 0 bridgehead atoms. The number of hydrogen-bond acceptors (Lipinski definition) is 6. The number of anilines is 1. The molecule has 0 radical (unpaired) electrons. The number of nitrogens with two attached hydrogens (primary N) is 1. The zero-order chi connectivity index (χ0) is 17.2. The molecule has 7 nitrogen and oxygen atoms in total. The summed E-state index contributed by atoms with van der Waals surface area (Å²) in [5, 5.41) is 0. The third-order valence-electron chi connectivity index (χ3n) is 3.75. The third-order valence-corrected chi connectivity index (χ3v) is 3.75. The summed E-state index contributed by atoms with van der Waals surface area (Å²) in [6, 6.07) is 6.70. The van der Waals surface area contributed by atoms with Gasteiger partial charge in [0.2, 0.25) is 11.5 Å². The van der Waals surface area contributed by atoms with Crippen LogP contribution in [-0.4, -0.2) is 15.0 Å². The summed E-state index contributed by atoms with van der Waals surface area (Å²) in [4.78, 5) is 22.8. The Morgan fingerprint density at radius 2 is 2.08 bits per heavy atom. The van der Waals surface area contributed by atoms with Gasteiger partial charge < -0.3 is 19.9 Å². The lowest BCUT2D eigenvalue weighted by Crippen LogP contribution is -2.11. The smallest absolute Gasteiger partial charge is 0.247 e. The minimum atomic E-state index is -0.425. The maximum Gasteiger partial charge on any atom is 0.247 e. The molecule has 0 spiro atoms. The molecule has 4 heterocycles. The van der Waals surface area contributed by atoms with Crippen LogP contribution in [0, 0.1) is 0 Å². The second-order valence-electron chi connectivity index (χ2n) is 5.38. The monoisotopic (exact) mass is 334 g/mol. The van der Waals surface area contributed by atoms with E-state index >= 15 is 0 Å². The molecule has 0 saturated carbocycles. The maximum atomic E-state index is 11.4. The Morgan fingerprint density at radius 1 is 1.16 bits per heavy atom. The number of furan rings is 1. The minimum Gasteiger partial charge on any atom is -0.488 e. The van der Waals surface area contributed by atoms with Gasteiger partial charge in [-0.3, -0.25) is 4.79 Å². The molecule has 25 heavy (non-hydrogen) atoms. The molecular weight excluding hydrogens is 320 g/mol. The molecule has 3 aromatic rings. The van der Waals surface area contributed by atoms with Gasteiger partial charge in [0.05, 0.1) is 18.2 Å². The summed E-state index contributed by atoms with van der Waals surface area (Å²) in [6.07, 6.45) is 9.85. The predicted octanol–water partition coefficient (Wildman–Crippen LogP) is 2.82. The van der Waals surface area contributed by atoms with Gasteiger partial charge in [-0.25, -0.2) is 9.97 Å². The largest absolute Gasteiger partial charge is 0.488 e. The van der Waals surface area contributed by atoms with Gasteiger partial charge in [-0.1, -0.05) is 6.08 Å². The summed E-state index contributed by atoms with van der Waals surface area (Å²) < 4.78 is 11.2. The van der Waals surface area contributed by atoms with Crippen molar-refractivity contribution in [3.63, 3.8) is 0 Å². The van der Waals surface area contributed by atoms with E-state index in [1.54, 1.807) is 43.0 Å². The molecule has 1 aliphatic rings. The number of H-pyrrole nitrogens is 1. The van der Waals surface area contributed by atoms with Crippen LogP contribution in [0.3, 0.4) is 0 Å². The molecule has 7 heteroatoms. The fourth-order valence-electron chi connectivity index (χ4n) is 2.69. The molecule has 1 atom stereocenters. The van der Waals surface area contributed by atoms with Gasteiger partial charge in [0, 0.05) is 23.4 Å². The zero-order valence-corrected chi connectivity index (χ0v) is 13.0. The molecule has 0 fully saturated rings. The highest BCUT2D eigenvalue weighted by Gasteiger charge is 2.24. The first-order valence-electron chi connectivity index (χ1n) is 7.61. The molecule has 0 aromatic carbocycles. The summed E-state index contributed by atoms with van der Waals surface area (Å²) >= 11 is 0. The summed E-state index contributed by atoms with van der Waals surface area (Å²) in [5.41, 5.74) is 8.27. The molecule has 0 saturated heterocycles. The topological polar surface area (TPSA) is 107 Å². The van der Waals surface area contributed by atoms with E-state index in [0.29, 0.717) is 22.7 Å². The van der Waals surface area contributed by atoms with E-state index in [4.69, 9.17) is 14.9 Å². The van der Waals surface area contributed by atoms with Gasteiger partial charge in [-0.05, 0) is 30.4 Å². The van der Waals surface area contributed by atoms with Gasteiger partial charge >= 0.3 is 0 Å². The van der Waals surface area contributed by atoms with Crippen molar-refractivity contribution in [2.75, 3.05) is 5.73 Å². The Labute approximate surface area is 142 Å². The van der Waals surface area contributed by atoms with Gasteiger partial charge in [0.25, 0.3) is 0 Å². The Balaban J connectivity index is 1.99. The summed E-state index contributed by atoms with van der Waals surface area (Å²) in [6.45, 7) is 0. The van der Waals surface area contributed by atoms with Crippen LogP contribution in [0.1, 0.15) is 11.8 Å². The quantitative estimate of drug-likeness (QED) is 0.762. The van der Waals surface area contributed by atoms with Crippen molar-refractivity contribution in [2.24, 2.45) is 0 Å². The number of allylic oxidation sites excluding steroid dienone is 2. The lowest BCUT2D eigenvalue weighted by atomic mass is 9.98. The maximum absolute atomic E-state index is 11.4. The van der Waals surface area contributed by atoms with Crippen LogP contribution in [0.25, 0.3) is 22.6 Å². The van der Waals surface area contributed by atoms with Crippen molar-refractivity contribution < 1.29 is 9.15 Å². The number of aromatic nitrogens is 3. The van der Waals surface area contributed by atoms with Crippen LogP contribution < -0.4 is 11.3 Å². The standard InChI is InChI=1S/C18H14N4O3/c19-18-21-16(12-4-1-2-8-24-12)15(11-6-7-14(23)20-10-11)17(22-18)13-5-3-9-25-13/h1-10,12H,(H,20,23)(H2,19,21,22). The number of rotatable bonds is 3. The molecular formula is C18H14N4O3. The van der Waals surface area contributed by atoms with Gasteiger partial charge in [-0.15, -0.1) is 0 Å². The molecule has 3 aromatic heterocycles. The SMILES string of the molecule is Nc1nc(-c2ccco2)c(-c2ccc(=O)[nH]c2)c(C2C=CC=CO2)n1. The van der Waals surface area contributed by atoms with E-state index in [0.717, 1.165) is 5.56 Å². The van der Waals surface area contributed by atoms with E-state index in [-0.39, 0.29) is 11.5 Å². The highest BCUT2D eigenvalue weighted by atomic mass is 16.5. The number of hydrogen-bond donors (Lipinski definition) is 2. The Morgan fingerprint density at radius 3 is 2.76 bits per heavy atom. The second kappa shape index (κ2) is 6.12. The average molecular weight is 334 g/mol. The number of nitrogen functional groups attached to an aromatic ring is 1. The van der Waals surface area contributed by atoms with Crippen molar-refractivity contribution in [1.82, 2.24) is 15.0 Å². The molecule has 124 valence electrons. The molecule has 0 aliphatic carbocycles. The molecule has 1 aliphatic heterocycles. The number of nitrogens with one attached hydrogen (secondary N) is 1. The minimum absolute atomic E-state index is 0.112. The fourth-order valence-corrected chi connectivity index (χ4v) is 2.69. The van der Waals surface area contributed by atoms with Crippen LogP contribution in [-0.2, 0) is 4.74 Å². The summed E-state index contributed by atoms with van der Waals surface area (Å²) in [7, 11) is 0. The number of aromatic amines is 1. The number of ether oxygens (including phenoxy) is 1. The van der Waals surface area contributed by atoms with E-state index in [9.17, 15) is 4.79 Å². The van der Waals surface area contributed by atoms with Gasteiger partial charge in [0.1, 0.15) is 5.69 Å². The average Bonchev–Trinajstić information content (AvgIpc) is 3.17. The van der Waals surface area contributed by atoms with Gasteiger partial charge in [-0.2, -0.15) is 0 Å². The molecule has 4 rings (SSSR count). The highest BCUT2D eigenvalue weighted by Crippen LogP contribution is 2.37.